The summed E-state index contributed by atoms with van der Waals surface area (Å²) in [6.45, 7) is 4.19. The number of hydrogen-bond acceptors (Lipinski definition) is 7. The molecule has 0 unspecified atom stereocenters. The number of carbonyl (C=O) groups is 1. The smallest absolute Gasteiger partial charge is 0.277 e. The van der Waals surface area contributed by atoms with E-state index in [-0.39, 0.29) is 16.8 Å². The fourth-order valence-electron chi connectivity index (χ4n) is 3.14. The maximum Gasteiger partial charge on any atom is 0.277 e. The lowest BCUT2D eigenvalue weighted by molar-refractivity contribution is 0.102. The highest BCUT2D eigenvalue weighted by Crippen LogP contribution is 2.37. The van der Waals surface area contributed by atoms with Gasteiger partial charge in [-0.15, -0.1) is 11.3 Å². The van der Waals surface area contributed by atoms with E-state index in [4.69, 9.17) is 16.6 Å². The standard InChI is InChI=1S/C18H17BrClN5OS2/c1-10-3-2-4-25(10)8-14-16(13-5-11(19)9-27-13)23-18(28-14)24-17(26)12-6-22-15(20)7-21-12/h5-7,9-10H,2-4,8H2,1H3,(H,23,24,26)/t10-/m1/s1. The van der Waals surface area contributed by atoms with Gasteiger partial charge in [-0.05, 0) is 48.3 Å². The zero-order chi connectivity index (χ0) is 19.7. The predicted molar refractivity (Wildman–Crippen MR) is 117 cm³/mol. The van der Waals surface area contributed by atoms with E-state index in [0.29, 0.717) is 11.2 Å². The summed E-state index contributed by atoms with van der Waals surface area (Å²) in [5.41, 5.74) is 1.13. The number of thiophene rings is 1. The van der Waals surface area contributed by atoms with Gasteiger partial charge in [0.15, 0.2) is 5.13 Å². The molecule has 1 atom stereocenters. The molecule has 28 heavy (non-hydrogen) atoms. The molecule has 4 heterocycles. The lowest BCUT2D eigenvalue weighted by Crippen LogP contribution is -2.25. The molecule has 1 fully saturated rings. The number of carbonyl (C=O) groups excluding carboxylic acids is 1. The van der Waals surface area contributed by atoms with Crippen LogP contribution in [0.15, 0.2) is 28.3 Å². The van der Waals surface area contributed by atoms with Crippen molar-refractivity contribution in [1.29, 1.82) is 0 Å². The van der Waals surface area contributed by atoms with Crippen molar-refractivity contribution < 1.29 is 4.79 Å². The second-order valence-corrected chi connectivity index (χ2v) is 9.86. The largest absolute Gasteiger partial charge is 0.296 e. The van der Waals surface area contributed by atoms with Crippen LogP contribution in [0.4, 0.5) is 5.13 Å². The molecule has 0 aliphatic carbocycles. The topological polar surface area (TPSA) is 71.0 Å². The Bertz CT molecular complexity index is 990. The van der Waals surface area contributed by atoms with Gasteiger partial charge in [0.05, 0.1) is 23.0 Å². The molecular formula is C18H17BrClN5OS2. The van der Waals surface area contributed by atoms with Crippen LogP contribution in [-0.4, -0.2) is 38.3 Å². The molecule has 1 amide bonds. The summed E-state index contributed by atoms with van der Waals surface area (Å²) >= 11 is 12.4. The van der Waals surface area contributed by atoms with Gasteiger partial charge < -0.3 is 0 Å². The summed E-state index contributed by atoms with van der Waals surface area (Å²) in [6, 6.07) is 2.62. The molecule has 6 nitrogen and oxygen atoms in total. The number of aromatic nitrogens is 3. The van der Waals surface area contributed by atoms with Crippen LogP contribution in [0.2, 0.25) is 5.15 Å². The lowest BCUT2D eigenvalue weighted by atomic mass is 10.2. The molecule has 4 rings (SSSR count). The molecule has 146 valence electrons. The highest BCUT2D eigenvalue weighted by Gasteiger charge is 2.24. The minimum absolute atomic E-state index is 0.203. The maximum absolute atomic E-state index is 12.5. The number of hydrogen-bond donors (Lipinski definition) is 1. The second kappa shape index (κ2) is 8.54. The molecule has 0 saturated carbocycles. The molecule has 1 aliphatic rings. The van der Waals surface area contributed by atoms with Crippen LogP contribution >= 0.6 is 50.2 Å². The van der Waals surface area contributed by atoms with Gasteiger partial charge in [0, 0.05) is 27.3 Å². The monoisotopic (exact) mass is 497 g/mol. The van der Waals surface area contributed by atoms with Crippen molar-refractivity contribution in [2.24, 2.45) is 0 Å². The first-order valence-corrected chi connectivity index (χ1v) is 11.6. The van der Waals surface area contributed by atoms with E-state index in [1.165, 1.54) is 36.6 Å². The molecule has 0 aromatic carbocycles. The molecule has 0 spiro atoms. The van der Waals surface area contributed by atoms with Crippen molar-refractivity contribution in [3.63, 3.8) is 0 Å². The molecule has 0 bridgehead atoms. The van der Waals surface area contributed by atoms with Crippen molar-refractivity contribution in [2.75, 3.05) is 11.9 Å². The number of halogens is 2. The summed E-state index contributed by atoms with van der Waals surface area (Å²) < 4.78 is 1.03. The third kappa shape index (κ3) is 4.44. The summed E-state index contributed by atoms with van der Waals surface area (Å²) in [7, 11) is 0. The Morgan fingerprint density at radius 2 is 2.29 bits per heavy atom. The first kappa shape index (κ1) is 19.9. The van der Waals surface area contributed by atoms with Crippen molar-refractivity contribution >= 4 is 61.2 Å². The van der Waals surface area contributed by atoms with E-state index < -0.39 is 0 Å². The molecule has 1 N–H and O–H groups in total. The Hall–Kier alpha value is -1.39. The minimum atomic E-state index is -0.349. The average molecular weight is 499 g/mol. The van der Waals surface area contributed by atoms with Crippen molar-refractivity contribution in [2.45, 2.75) is 32.4 Å². The Labute approximate surface area is 184 Å². The lowest BCUT2D eigenvalue weighted by Gasteiger charge is -2.20. The summed E-state index contributed by atoms with van der Waals surface area (Å²) in [5.74, 6) is -0.349. The maximum atomic E-state index is 12.5. The molecule has 10 heteroatoms. The number of thiazole rings is 1. The highest BCUT2D eigenvalue weighted by atomic mass is 79.9. The molecular weight excluding hydrogens is 482 g/mol. The zero-order valence-corrected chi connectivity index (χ0v) is 19.0. The van der Waals surface area contributed by atoms with Gasteiger partial charge in [-0.1, -0.05) is 22.9 Å². The fraction of sp³-hybridized carbons (Fsp3) is 0.333. The number of nitrogens with zero attached hydrogens (tertiary/aromatic N) is 4. The first-order valence-electron chi connectivity index (χ1n) is 8.76. The molecule has 0 radical (unpaired) electrons. The third-order valence-corrected chi connectivity index (χ3v) is 7.46. The van der Waals surface area contributed by atoms with Crippen LogP contribution in [0.1, 0.15) is 35.1 Å². The summed E-state index contributed by atoms with van der Waals surface area (Å²) in [6.07, 6.45) is 5.15. The Kier molecular flexibility index (Phi) is 6.07. The number of likely N-dealkylation sites (tertiary alicyclic amines) is 1. The Balaban J connectivity index is 1.60. The van der Waals surface area contributed by atoms with Crippen molar-refractivity contribution in [1.82, 2.24) is 19.9 Å². The van der Waals surface area contributed by atoms with Gasteiger partial charge in [0.25, 0.3) is 5.91 Å². The van der Waals surface area contributed by atoms with Gasteiger partial charge in [-0.25, -0.2) is 15.0 Å². The molecule has 3 aromatic rings. The van der Waals surface area contributed by atoms with Crippen LogP contribution in [0.25, 0.3) is 10.6 Å². The van der Waals surface area contributed by atoms with Crippen LogP contribution < -0.4 is 5.32 Å². The average Bonchev–Trinajstić information content (AvgIpc) is 3.37. The zero-order valence-electron chi connectivity index (χ0n) is 15.0. The predicted octanol–water partition coefficient (Wildman–Crippen LogP) is 5.31. The Morgan fingerprint density at radius 3 is 2.93 bits per heavy atom. The SMILES string of the molecule is C[C@@H]1CCCN1Cc1sc(NC(=O)c2cnc(Cl)cn2)nc1-c1cc(Br)cs1. The Morgan fingerprint density at radius 1 is 1.43 bits per heavy atom. The van der Waals surface area contributed by atoms with Gasteiger partial charge in [-0.2, -0.15) is 0 Å². The number of anilines is 1. The number of nitrogens with one attached hydrogen (secondary N) is 1. The van der Waals surface area contributed by atoms with Crippen molar-refractivity contribution in [3.05, 3.63) is 44.0 Å². The minimum Gasteiger partial charge on any atom is -0.296 e. The molecule has 3 aromatic heterocycles. The number of amides is 1. The molecule has 1 saturated heterocycles. The van der Waals surface area contributed by atoms with Gasteiger partial charge in [-0.3, -0.25) is 15.0 Å². The third-order valence-electron chi connectivity index (χ3n) is 4.61. The van der Waals surface area contributed by atoms with Gasteiger partial charge in [0.2, 0.25) is 0 Å². The normalized spacial score (nSPS) is 17.2. The van der Waals surface area contributed by atoms with Gasteiger partial charge in [0.1, 0.15) is 10.8 Å². The summed E-state index contributed by atoms with van der Waals surface area (Å²) in [5, 5.41) is 5.70. The van der Waals surface area contributed by atoms with E-state index in [9.17, 15) is 4.79 Å². The number of rotatable bonds is 5. The van der Waals surface area contributed by atoms with E-state index in [1.807, 2.05) is 5.38 Å². The van der Waals surface area contributed by atoms with E-state index in [2.05, 4.69) is 49.1 Å². The second-order valence-electron chi connectivity index (χ2n) is 6.56. The van der Waals surface area contributed by atoms with Gasteiger partial charge >= 0.3 is 0 Å². The fourth-order valence-corrected chi connectivity index (χ4v) is 5.75. The van der Waals surface area contributed by atoms with E-state index in [0.717, 1.165) is 33.0 Å². The van der Waals surface area contributed by atoms with Crippen LogP contribution in [0.5, 0.6) is 0 Å². The van der Waals surface area contributed by atoms with E-state index >= 15 is 0 Å². The first-order chi connectivity index (χ1) is 13.5. The van der Waals surface area contributed by atoms with Crippen LogP contribution in [0.3, 0.4) is 0 Å². The van der Waals surface area contributed by atoms with Crippen LogP contribution in [-0.2, 0) is 6.54 Å². The van der Waals surface area contributed by atoms with E-state index in [1.54, 1.807) is 11.3 Å². The highest BCUT2D eigenvalue weighted by molar-refractivity contribution is 9.10. The molecule has 1 aliphatic heterocycles. The van der Waals surface area contributed by atoms with Crippen LogP contribution in [0, 0.1) is 0 Å². The quantitative estimate of drug-likeness (QED) is 0.516. The van der Waals surface area contributed by atoms with Crippen molar-refractivity contribution in [3.8, 4) is 10.6 Å². The summed E-state index contributed by atoms with van der Waals surface area (Å²) in [4.78, 5) is 29.8.